The smallest absolute Gasteiger partial charge is 0.242 e. The summed E-state index contributed by atoms with van der Waals surface area (Å²) in [6.07, 6.45) is 2.30. The molecular weight excluding hydrogens is 260 g/mol. The molecule has 4 nitrogen and oxygen atoms in total. The van der Waals surface area contributed by atoms with E-state index in [-0.39, 0.29) is 5.41 Å². The molecule has 0 saturated carbocycles. The normalized spacial score (nSPS) is 24.6. The van der Waals surface area contributed by atoms with Crippen LogP contribution in [0.4, 0.5) is 0 Å². The van der Waals surface area contributed by atoms with Crippen molar-refractivity contribution in [3.8, 4) is 0 Å². The minimum Gasteiger partial charge on any atom is -0.316 e. The van der Waals surface area contributed by atoms with E-state index in [1.165, 1.54) is 9.87 Å². The predicted octanol–water partition coefficient (Wildman–Crippen LogP) is 1.58. The first kappa shape index (κ1) is 14.5. The second-order valence-corrected chi connectivity index (χ2v) is 7.80. The van der Waals surface area contributed by atoms with Crippen molar-refractivity contribution in [2.24, 2.45) is 0 Å². The first-order valence-corrected chi connectivity index (χ1v) is 8.04. The summed E-state index contributed by atoms with van der Waals surface area (Å²) in [5, 5.41) is 3.41. The Morgan fingerprint density at radius 2 is 1.84 bits per heavy atom. The molecule has 0 spiro atoms. The Morgan fingerprint density at radius 1 is 1.21 bits per heavy atom. The maximum absolute atomic E-state index is 12.0. The number of nitrogens with zero attached hydrogens (tertiary/aromatic N) is 1. The summed E-state index contributed by atoms with van der Waals surface area (Å²) in [5.41, 5.74) is 1.32. The van der Waals surface area contributed by atoms with Crippen molar-refractivity contribution >= 4 is 10.0 Å². The molecule has 5 heteroatoms. The van der Waals surface area contributed by atoms with Crippen LogP contribution < -0.4 is 5.32 Å². The fourth-order valence-electron chi connectivity index (χ4n) is 2.54. The van der Waals surface area contributed by atoms with Crippen LogP contribution in [0.5, 0.6) is 0 Å². The van der Waals surface area contributed by atoms with Gasteiger partial charge in [-0.25, -0.2) is 12.7 Å². The number of hydrogen-bond acceptors (Lipinski definition) is 3. The maximum atomic E-state index is 12.0. The number of piperidine rings is 1. The van der Waals surface area contributed by atoms with Crippen LogP contribution in [-0.4, -0.2) is 39.9 Å². The molecule has 106 valence electrons. The lowest BCUT2D eigenvalue weighted by Crippen LogP contribution is -2.41. The van der Waals surface area contributed by atoms with Gasteiger partial charge in [0.2, 0.25) is 10.0 Å². The minimum absolute atomic E-state index is 0.110. The lowest BCUT2D eigenvalue weighted by atomic mass is 9.77. The summed E-state index contributed by atoms with van der Waals surface area (Å²) in [4.78, 5) is 0.355. The fraction of sp³-hybridized carbons (Fsp3) is 0.571. The number of sulfonamides is 1. The molecule has 1 unspecified atom stereocenters. The third-order valence-electron chi connectivity index (χ3n) is 3.93. The Bertz CT molecular complexity index is 529. The van der Waals surface area contributed by atoms with Gasteiger partial charge in [-0.05, 0) is 37.1 Å². The van der Waals surface area contributed by atoms with Crippen LogP contribution in [0.25, 0.3) is 0 Å². The Balaban J connectivity index is 2.28. The Labute approximate surface area is 115 Å². The van der Waals surface area contributed by atoms with Crippen molar-refractivity contribution in [2.75, 3.05) is 27.2 Å². The summed E-state index contributed by atoms with van der Waals surface area (Å²) in [6, 6.07) is 7.32. The van der Waals surface area contributed by atoms with E-state index < -0.39 is 10.0 Å². The van der Waals surface area contributed by atoms with Crippen molar-refractivity contribution in [2.45, 2.75) is 30.1 Å². The third kappa shape index (κ3) is 2.83. The van der Waals surface area contributed by atoms with Gasteiger partial charge in [-0.15, -0.1) is 0 Å². The van der Waals surface area contributed by atoms with Crippen LogP contribution in [0.15, 0.2) is 29.2 Å². The second-order valence-electron chi connectivity index (χ2n) is 5.65. The van der Waals surface area contributed by atoms with Gasteiger partial charge in [0.25, 0.3) is 0 Å². The maximum Gasteiger partial charge on any atom is 0.242 e. The summed E-state index contributed by atoms with van der Waals surface area (Å²) < 4.78 is 25.3. The van der Waals surface area contributed by atoms with Crippen molar-refractivity contribution in [3.63, 3.8) is 0 Å². The molecule has 1 aromatic carbocycles. The number of hydrogen-bond donors (Lipinski definition) is 1. The molecule has 1 aliphatic rings. The van der Waals surface area contributed by atoms with Gasteiger partial charge in [0.15, 0.2) is 0 Å². The van der Waals surface area contributed by atoms with Crippen molar-refractivity contribution in [1.29, 1.82) is 0 Å². The summed E-state index contributed by atoms with van der Waals surface area (Å²) in [5.74, 6) is 0. The van der Waals surface area contributed by atoms with Gasteiger partial charge in [0.1, 0.15) is 0 Å². The van der Waals surface area contributed by atoms with Gasteiger partial charge in [-0.1, -0.05) is 19.1 Å². The Morgan fingerprint density at radius 3 is 2.32 bits per heavy atom. The Kier molecular flexibility index (Phi) is 3.99. The van der Waals surface area contributed by atoms with Crippen LogP contribution in [0.3, 0.4) is 0 Å². The SMILES string of the molecule is CN(C)S(=O)(=O)c1ccc(C2(C)CCCNC2)cc1. The quantitative estimate of drug-likeness (QED) is 0.915. The van der Waals surface area contributed by atoms with Crippen LogP contribution in [0, 0.1) is 0 Å². The Hall–Kier alpha value is -0.910. The fourth-order valence-corrected chi connectivity index (χ4v) is 3.44. The van der Waals surface area contributed by atoms with Crippen molar-refractivity contribution < 1.29 is 8.42 Å². The van der Waals surface area contributed by atoms with E-state index in [9.17, 15) is 8.42 Å². The van der Waals surface area contributed by atoms with E-state index in [4.69, 9.17) is 0 Å². The largest absolute Gasteiger partial charge is 0.316 e. The van der Waals surface area contributed by atoms with Gasteiger partial charge in [-0.2, -0.15) is 0 Å². The average Bonchev–Trinajstić information content (AvgIpc) is 2.39. The van der Waals surface area contributed by atoms with Crippen LogP contribution in [0.2, 0.25) is 0 Å². The lowest BCUT2D eigenvalue weighted by molar-refractivity contribution is 0.339. The van der Waals surface area contributed by atoms with Crippen LogP contribution >= 0.6 is 0 Å². The van der Waals surface area contributed by atoms with E-state index in [0.717, 1.165) is 25.9 Å². The summed E-state index contributed by atoms with van der Waals surface area (Å²) >= 11 is 0. The standard InChI is InChI=1S/C14H22N2O2S/c1-14(9-4-10-15-11-14)12-5-7-13(8-6-12)19(17,18)16(2)3/h5-8,15H,4,9-11H2,1-3H3. The molecule has 19 heavy (non-hydrogen) atoms. The molecule has 1 aromatic rings. The first-order valence-electron chi connectivity index (χ1n) is 6.60. The number of benzene rings is 1. The molecule has 1 saturated heterocycles. The second kappa shape index (κ2) is 5.23. The molecule has 0 amide bonds. The van der Waals surface area contributed by atoms with E-state index in [1.807, 2.05) is 12.1 Å². The topological polar surface area (TPSA) is 49.4 Å². The molecule has 1 aliphatic heterocycles. The number of rotatable bonds is 3. The van der Waals surface area contributed by atoms with E-state index in [0.29, 0.717) is 4.90 Å². The van der Waals surface area contributed by atoms with Gasteiger partial charge in [-0.3, -0.25) is 0 Å². The summed E-state index contributed by atoms with van der Waals surface area (Å²) in [6.45, 7) is 4.25. The molecule has 0 aromatic heterocycles. The van der Waals surface area contributed by atoms with Crippen molar-refractivity contribution in [3.05, 3.63) is 29.8 Å². The van der Waals surface area contributed by atoms with Crippen molar-refractivity contribution in [1.82, 2.24) is 9.62 Å². The van der Waals surface area contributed by atoms with Crippen LogP contribution in [0.1, 0.15) is 25.3 Å². The minimum atomic E-state index is -3.33. The van der Waals surface area contributed by atoms with Gasteiger partial charge in [0, 0.05) is 26.1 Å². The van der Waals surface area contributed by atoms with Gasteiger partial charge >= 0.3 is 0 Å². The molecule has 1 atom stereocenters. The predicted molar refractivity (Wildman–Crippen MR) is 76.8 cm³/mol. The highest BCUT2D eigenvalue weighted by molar-refractivity contribution is 7.89. The monoisotopic (exact) mass is 282 g/mol. The molecule has 0 aliphatic carbocycles. The molecular formula is C14H22N2O2S. The highest BCUT2D eigenvalue weighted by atomic mass is 32.2. The molecule has 0 bridgehead atoms. The molecule has 1 N–H and O–H groups in total. The highest BCUT2D eigenvalue weighted by Gasteiger charge is 2.29. The molecule has 0 radical (unpaired) electrons. The van der Waals surface area contributed by atoms with Gasteiger partial charge in [0.05, 0.1) is 4.90 Å². The zero-order valence-corrected chi connectivity index (χ0v) is 12.6. The molecule has 1 heterocycles. The van der Waals surface area contributed by atoms with E-state index in [2.05, 4.69) is 12.2 Å². The summed E-state index contributed by atoms with van der Waals surface area (Å²) in [7, 11) is -0.224. The molecule has 2 rings (SSSR count). The number of nitrogens with one attached hydrogen (secondary N) is 1. The highest BCUT2D eigenvalue weighted by Crippen LogP contribution is 2.31. The van der Waals surface area contributed by atoms with Crippen LogP contribution in [-0.2, 0) is 15.4 Å². The third-order valence-corrected chi connectivity index (χ3v) is 5.76. The zero-order chi connectivity index (χ0) is 14.1. The average molecular weight is 282 g/mol. The molecule has 1 fully saturated rings. The van der Waals surface area contributed by atoms with E-state index in [1.54, 1.807) is 26.2 Å². The lowest BCUT2D eigenvalue weighted by Gasteiger charge is -2.34. The first-order chi connectivity index (χ1) is 8.86. The zero-order valence-electron chi connectivity index (χ0n) is 11.8. The van der Waals surface area contributed by atoms with E-state index >= 15 is 0 Å². The van der Waals surface area contributed by atoms with Gasteiger partial charge < -0.3 is 5.32 Å².